The third-order valence-electron chi connectivity index (χ3n) is 2.35. The van der Waals surface area contributed by atoms with Crippen molar-refractivity contribution < 1.29 is 8.42 Å². The number of hydrogen-bond acceptors (Lipinski definition) is 3. The fourth-order valence-corrected chi connectivity index (χ4v) is 1.81. The molecule has 0 radical (unpaired) electrons. The topological polar surface area (TPSA) is 72.5 Å². The van der Waals surface area contributed by atoms with Gasteiger partial charge in [-0.15, -0.1) is 0 Å². The summed E-state index contributed by atoms with van der Waals surface area (Å²) in [5.41, 5.74) is 8.17. The van der Waals surface area contributed by atoms with Crippen molar-refractivity contribution in [3.8, 4) is 0 Å². The van der Waals surface area contributed by atoms with Gasteiger partial charge in [0.25, 0.3) is 10.0 Å². The van der Waals surface area contributed by atoms with Gasteiger partial charge in [-0.05, 0) is 37.1 Å². The van der Waals surface area contributed by atoms with Crippen molar-refractivity contribution >= 4 is 22.3 Å². The molecule has 1 rings (SSSR count). The monoisotopic (exact) mass is 238 g/mol. The van der Waals surface area contributed by atoms with E-state index in [2.05, 4.69) is 11.1 Å². The van der Waals surface area contributed by atoms with Crippen LogP contribution in [0.5, 0.6) is 0 Å². The average molecular weight is 238 g/mol. The Balaban J connectivity index is 3.21. The fourth-order valence-electron chi connectivity index (χ4n) is 1.18. The SMILES string of the molecule is C=NS(=O)(=O)c1ccc(/C(C)=C(/C)N)cc1. The van der Waals surface area contributed by atoms with E-state index in [1.54, 1.807) is 19.1 Å². The zero-order valence-corrected chi connectivity index (χ0v) is 10.1. The standard InChI is InChI=1S/C11H14N2O2S/c1-8(9(2)12)10-4-6-11(7-5-10)16(14,15)13-3/h4-7H,3,12H2,1-2H3/b9-8-. The highest BCUT2D eigenvalue weighted by Gasteiger charge is 2.10. The van der Waals surface area contributed by atoms with Gasteiger partial charge in [0.15, 0.2) is 0 Å². The number of allylic oxidation sites excluding steroid dienone is 2. The highest BCUT2D eigenvalue weighted by Crippen LogP contribution is 2.19. The maximum Gasteiger partial charge on any atom is 0.281 e. The van der Waals surface area contributed by atoms with E-state index in [0.717, 1.165) is 11.1 Å². The molecule has 4 nitrogen and oxygen atoms in total. The Morgan fingerprint density at radius 3 is 2.12 bits per heavy atom. The average Bonchev–Trinajstić information content (AvgIpc) is 2.28. The van der Waals surface area contributed by atoms with Gasteiger partial charge in [0.05, 0.1) is 4.90 Å². The smallest absolute Gasteiger partial charge is 0.281 e. The summed E-state index contributed by atoms with van der Waals surface area (Å²) in [5.74, 6) is 0. The van der Waals surface area contributed by atoms with Crippen molar-refractivity contribution in [1.82, 2.24) is 0 Å². The van der Waals surface area contributed by atoms with Crippen LogP contribution in [0.1, 0.15) is 19.4 Å². The molecule has 5 heteroatoms. The van der Waals surface area contributed by atoms with Crippen LogP contribution >= 0.6 is 0 Å². The molecule has 86 valence electrons. The highest BCUT2D eigenvalue weighted by molar-refractivity contribution is 7.90. The van der Waals surface area contributed by atoms with Crippen LogP contribution in [-0.2, 0) is 10.0 Å². The molecule has 0 heterocycles. The van der Waals surface area contributed by atoms with E-state index in [1.807, 2.05) is 6.92 Å². The third-order valence-corrected chi connectivity index (χ3v) is 3.55. The van der Waals surface area contributed by atoms with Crippen LogP contribution < -0.4 is 5.73 Å². The van der Waals surface area contributed by atoms with E-state index in [-0.39, 0.29) is 4.90 Å². The lowest BCUT2D eigenvalue weighted by molar-refractivity contribution is 0.598. The molecule has 0 spiro atoms. The number of nitrogens with zero attached hydrogens (tertiary/aromatic N) is 1. The minimum atomic E-state index is -3.59. The largest absolute Gasteiger partial charge is 0.402 e. The van der Waals surface area contributed by atoms with Gasteiger partial charge in [-0.3, -0.25) is 0 Å². The molecule has 0 unspecified atom stereocenters. The molecule has 0 saturated heterocycles. The highest BCUT2D eigenvalue weighted by atomic mass is 32.2. The molecule has 1 aromatic carbocycles. The molecule has 0 aliphatic carbocycles. The van der Waals surface area contributed by atoms with Crippen molar-refractivity contribution in [2.24, 2.45) is 10.1 Å². The van der Waals surface area contributed by atoms with E-state index in [9.17, 15) is 8.42 Å². The van der Waals surface area contributed by atoms with Gasteiger partial charge in [0.2, 0.25) is 0 Å². The lowest BCUT2D eigenvalue weighted by Gasteiger charge is -2.05. The summed E-state index contributed by atoms with van der Waals surface area (Å²) in [6.07, 6.45) is 0. The summed E-state index contributed by atoms with van der Waals surface area (Å²) in [5, 5.41) is 0. The number of hydrogen-bond donors (Lipinski definition) is 1. The first-order valence-corrected chi connectivity index (χ1v) is 6.09. The molecule has 2 N–H and O–H groups in total. The first kappa shape index (κ1) is 12.4. The quantitative estimate of drug-likeness (QED) is 0.816. The van der Waals surface area contributed by atoms with Crippen molar-refractivity contribution in [2.45, 2.75) is 18.7 Å². The molecule has 16 heavy (non-hydrogen) atoms. The summed E-state index contributed by atoms with van der Waals surface area (Å²) in [7, 11) is -3.59. The summed E-state index contributed by atoms with van der Waals surface area (Å²) in [6.45, 7) is 6.70. The van der Waals surface area contributed by atoms with Gasteiger partial charge in [-0.1, -0.05) is 12.1 Å². The van der Waals surface area contributed by atoms with E-state index >= 15 is 0 Å². The summed E-state index contributed by atoms with van der Waals surface area (Å²) >= 11 is 0. The molecule has 0 atom stereocenters. The van der Waals surface area contributed by atoms with Gasteiger partial charge in [0.1, 0.15) is 0 Å². The van der Waals surface area contributed by atoms with Crippen LogP contribution in [0.2, 0.25) is 0 Å². The summed E-state index contributed by atoms with van der Waals surface area (Å²) < 4.78 is 25.8. The summed E-state index contributed by atoms with van der Waals surface area (Å²) in [4.78, 5) is 0.133. The lowest BCUT2D eigenvalue weighted by atomic mass is 10.1. The van der Waals surface area contributed by atoms with Crippen molar-refractivity contribution in [2.75, 3.05) is 0 Å². The van der Waals surface area contributed by atoms with Crippen LogP contribution in [-0.4, -0.2) is 15.1 Å². The molecule has 0 aliphatic heterocycles. The minimum Gasteiger partial charge on any atom is -0.402 e. The Kier molecular flexibility index (Phi) is 3.49. The maximum atomic E-state index is 11.4. The molecular formula is C11H14N2O2S. The second-order valence-corrected chi connectivity index (χ2v) is 5.12. The molecule has 0 bridgehead atoms. The van der Waals surface area contributed by atoms with Crippen LogP contribution in [0.4, 0.5) is 0 Å². The second kappa shape index (κ2) is 4.49. The molecular weight excluding hydrogens is 224 g/mol. The van der Waals surface area contributed by atoms with Crippen LogP contribution in [0.3, 0.4) is 0 Å². The Bertz CT molecular complexity index is 524. The van der Waals surface area contributed by atoms with Gasteiger partial charge in [-0.25, -0.2) is 0 Å². The number of rotatable bonds is 3. The number of nitrogens with two attached hydrogens (primary N) is 1. The minimum absolute atomic E-state index is 0.133. The van der Waals surface area contributed by atoms with Crippen molar-refractivity contribution in [3.63, 3.8) is 0 Å². The Morgan fingerprint density at radius 1 is 1.25 bits per heavy atom. The van der Waals surface area contributed by atoms with E-state index in [0.29, 0.717) is 5.70 Å². The van der Waals surface area contributed by atoms with Gasteiger partial charge < -0.3 is 5.73 Å². The second-order valence-electron chi connectivity index (χ2n) is 3.44. The molecule has 1 aromatic rings. The Hall–Kier alpha value is -1.62. The Morgan fingerprint density at radius 2 is 1.75 bits per heavy atom. The van der Waals surface area contributed by atoms with Crippen molar-refractivity contribution in [3.05, 3.63) is 35.5 Å². The Labute approximate surface area is 95.6 Å². The number of benzene rings is 1. The molecule has 0 aliphatic rings. The first-order chi connectivity index (χ1) is 7.38. The van der Waals surface area contributed by atoms with Crippen LogP contribution in [0.15, 0.2) is 39.3 Å². The zero-order valence-electron chi connectivity index (χ0n) is 9.27. The normalized spacial score (nSPS) is 13.1. The first-order valence-electron chi connectivity index (χ1n) is 4.65. The van der Waals surface area contributed by atoms with E-state index in [1.165, 1.54) is 12.1 Å². The van der Waals surface area contributed by atoms with Gasteiger partial charge in [-0.2, -0.15) is 12.8 Å². The fraction of sp³-hybridized carbons (Fsp3) is 0.182. The molecule has 0 amide bonds. The third kappa shape index (κ3) is 2.49. The zero-order chi connectivity index (χ0) is 12.3. The van der Waals surface area contributed by atoms with Crippen molar-refractivity contribution in [1.29, 1.82) is 0 Å². The molecule has 0 aromatic heterocycles. The van der Waals surface area contributed by atoms with Crippen LogP contribution in [0.25, 0.3) is 5.57 Å². The van der Waals surface area contributed by atoms with Gasteiger partial charge >= 0.3 is 0 Å². The predicted molar refractivity (Wildman–Crippen MR) is 65.6 cm³/mol. The predicted octanol–water partition coefficient (Wildman–Crippen LogP) is 1.79. The van der Waals surface area contributed by atoms with Gasteiger partial charge in [0, 0.05) is 12.4 Å². The molecule has 0 fully saturated rings. The maximum absolute atomic E-state index is 11.4. The van der Waals surface area contributed by atoms with E-state index in [4.69, 9.17) is 5.73 Å². The number of sulfonamides is 1. The van der Waals surface area contributed by atoms with E-state index < -0.39 is 10.0 Å². The van der Waals surface area contributed by atoms with Crippen LogP contribution in [0, 0.1) is 0 Å². The molecule has 0 saturated carbocycles. The summed E-state index contributed by atoms with van der Waals surface area (Å²) in [6, 6.07) is 6.38. The lowest BCUT2D eigenvalue weighted by Crippen LogP contribution is -1.98.